The molecule has 74 valence electrons. The lowest BCUT2D eigenvalue weighted by atomic mass is 10.0. The smallest absolute Gasteiger partial charge is 0.157 e. The van der Waals surface area contributed by atoms with E-state index in [1.54, 1.807) is 6.08 Å². The molecule has 0 heterocycles. The van der Waals surface area contributed by atoms with Crippen LogP contribution in [-0.4, -0.2) is 11.6 Å². The lowest BCUT2D eigenvalue weighted by Crippen LogP contribution is -2.06. The number of rotatable bonds is 5. The Kier molecular flexibility index (Phi) is 5.28. The summed E-state index contributed by atoms with van der Waals surface area (Å²) in [4.78, 5) is 22.2. The zero-order valence-electron chi connectivity index (χ0n) is 8.83. The molecule has 0 bridgehead atoms. The summed E-state index contributed by atoms with van der Waals surface area (Å²) in [6.45, 7) is 7.41. The van der Waals surface area contributed by atoms with Gasteiger partial charge in [0.2, 0.25) is 0 Å². The third kappa shape index (κ3) is 5.34. The van der Waals surface area contributed by atoms with Crippen molar-refractivity contribution < 1.29 is 9.59 Å². The Morgan fingerprint density at radius 1 is 1.08 bits per heavy atom. The number of allylic oxidation sites excluding steroid dienone is 2. The monoisotopic (exact) mass is 182 g/mol. The molecular weight excluding hydrogens is 164 g/mol. The summed E-state index contributed by atoms with van der Waals surface area (Å²) in [6.07, 6.45) is 3.53. The van der Waals surface area contributed by atoms with Gasteiger partial charge in [0.05, 0.1) is 0 Å². The molecule has 0 amide bonds. The summed E-state index contributed by atoms with van der Waals surface area (Å²) in [6, 6.07) is 0. The van der Waals surface area contributed by atoms with Crippen molar-refractivity contribution in [3.8, 4) is 0 Å². The number of ketones is 2. The quantitative estimate of drug-likeness (QED) is 0.612. The van der Waals surface area contributed by atoms with Gasteiger partial charge >= 0.3 is 0 Å². The van der Waals surface area contributed by atoms with Gasteiger partial charge in [0, 0.05) is 18.3 Å². The Bertz CT molecular complexity index is 212. The number of hydrogen-bond acceptors (Lipinski definition) is 2. The van der Waals surface area contributed by atoms with Gasteiger partial charge in [0.1, 0.15) is 5.78 Å². The van der Waals surface area contributed by atoms with Crippen molar-refractivity contribution in [3.63, 3.8) is 0 Å². The zero-order chi connectivity index (χ0) is 10.4. The molecule has 2 heteroatoms. The van der Waals surface area contributed by atoms with Crippen LogP contribution in [0, 0.1) is 11.8 Å². The molecule has 2 nitrogen and oxygen atoms in total. The van der Waals surface area contributed by atoms with Crippen molar-refractivity contribution in [2.75, 3.05) is 0 Å². The Morgan fingerprint density at radius 2 is 1.62 bits per heavy atom. The molecule has 0 aromatic rings. The second-order valence-corrected chi connectivity index (χ2v) is 3.78. The van der Waals surface area contributed by atoms with E-state index in [0.29, 0.717) is 6.42 Å². The maximum atomic E-state index is 11.1. The minimum atomic E-state index is 0.0189. The molecule has 13 heavy (non-hydrogen) atoms. The zero-order valence-corrected chi connectivity index (χ0v) is 8.83. The van der Waals surface area contributed by atoms with Crippen LogP contribution < -0.4 is 0 Å². The van der Waals surface area contributed by atoms with E-state index < -0.39 is 0 Å². The maximum Gasteiger partial charge on any atom is 0.157 e. The molecule has 0 fully saturated rings. The van der Waals surface area contributed by atoms with Gasteiger partial charge in [-0.25, -0.2) is 0 Å². The minimum absolute atomic E-state index is 0.0189. The molecule has 0 aliphatic rings. The molecule has 0 unspecified atom stereocenters. The second-order valence-electron chi connectivity index (χ2n) is 3.78. The first-order chi connectivity index (χ1) is 5.95. The van der Waals surface area contributed by atoms with E-state index in [1.165, 1.54) is 6.08 Å². The van der Waals surface area contributed by atoms with Crippen molar-refractivity contribution >= 4 is 11.6 Å². The number of carbonyl (C=O) groups excluding carboxylic acids is 2. The van der Waals surface area contributed by atoms with Crippen molar-refractivity contribution in [1.82, 2.24) is 0 Å². The van der Waals surface area contributed by atoms with Crippen molar-refractivity contribution in [3.05, 3.63) is 12.2 Å². The predicted octanol–water partition coefficient (Wildman–Crippen LogP) is 2.38. The third-order valence-corrected chi connectivity index (χ3v) is 1.81. The molecule has 0 saturated carbocycles. The van der Waals surface area contributed by atoms with Gasteiger partial charge in [-0.3, -0.25) is 9.59 Å². The molecule has 0 saturated heterocycles. The fourth-order valence-electron chi connectivity index (χ4n) is 0.719. The van der Waals surface area contributed by atoms with Crippen LogP contribution in [0.15, 0.2) is 12.2 Å². The highest BCUT2D eigenvalue weighted by Crippen LogP contribution is 2.01. The summed E-state index contributed by atoms with van der Waals surface area (Å²) in [7, 11) is 0. The lowest BCUT2D eigenvalue weighted by Gasteiger charge is -1.99. The summed E-state index contributed by atoms with van der Waals surface area (Å²) in [5, 5.41) is 0. The average Bonchev–Trinajstić information content (AvgIpc) is 2.03. The van der Waals surface area contributed by atoms with E-state index in [9.17, 15) is 9.59 Å². The van der Waals surface area contributed by atoms with Crippen LogP contribution in [0.1, 0.15) is 34.1 Å². The number of Topliss-reactive ketones (excluding diaryl/α,β-unsaturated/α-hetero) is 1. The maximum absolute atomic E-state index is 11.1. The SMILES string of the molecule is CC(C)C(=O)/C=C/CC(=O)C(C)C. The van der Waals surface area contributed by atoms with Crippen LogP contribution in [0.3, 0.4) is 0 Å². The minimum Gasteiger partial charge on any atom is -0.299 e. The topological polar surface area (TPSA) is 34.1 Å². The Labute approximate surface area is 80.0 Å². The molecule has 0 aliphatic carbocycles. The number of carbonyl (C=O) groups is 2. The molecule has 0 aromatic carbocycles. The van der Waals surface area contributed by atoms with E-state index in [4.69, 9.17) is 0 Å². The van der Waals surface area contributed by atoms with Crippen molar-refractivity contribution in [2.24, 2.45) is 11.8 Å². The Balaban J connectivity index is 3.89. The molecular formula is C11H18O2. The average molecular weight is 182 g/mol. The van der Waals surface area contributed by atoms with E-state index in [1.807, 2.05) is 27.7 Å². The molecule has 0 N–H and O–H groups in total. The molecule has 0 aromatic heterocycles. The predicted molar refractivity (Wildman–Crippen MR) is 53.4 cm³/mol. The van der Waals surface area contributed by atoms with Crippen LogP contribution in [0.4, 0.5) is 0 Å². The van der Waals surface area contributed by atoms with Crippen LogP contribution in [0.25, 0.3) is 0 Å². The van der Waals surface area contributed by atoms with Gasteiger partial charge in [0.15, 0.2) is 5.78 Å². The third-order valence-electron chi connectivity index (χ3n) is 1.81. The van der Waals surface area contributed by atoms with E-state index in [2.05, 4.69) is 0 Å². The molecule has 0 radical (unpaired) electrons. The van der Waals surface area contributed by atoms with E-state index in [0.717, 1.165) is 0 Å². The summed E-state index contributed by atoms with van der Waals surface area (Å²) < 4.78 is 0. The van der Waals surface area contributed by atoms with Gasteiger partial charge < -0.3 is 0 Å². The first-order valence-corrected chi connectivity index (χ1v) is 4.68. The van der Waals surface area contributed by atoms with Crippen LogP contribution in [-0.2, 0) is 9.59 Å². The van der Waals surface area contributed by atoms with E-state index >= 15 is 0 Å². The largest absolute Gasteiger partial charge is 0.299 e. The highest BCUT2D eigenvalue weighted by atomic mass is 16.1. The fourth-order valence-corrected chi connectivity index (χ4v) is 0.719. The van der Waals surface area contributed by atoms with Crippen molar-refractivity contribution in [1.29, 1.82) is 0 Å². The first-order valence-electron chi connectivity index (χ1n) is 4.68. The molecule has 0 atom stereocenters. The molecule has 0 aliphatic heterocycles. The highest BCUT2D eigenvalue weighted by Gasteiger charge is 2.05. The van der Waals surface area contributed by atoms with Crippen LogP contribution >= 0.6 is 0 Å². The standard InChI is InChI=1S/C11H18O2/c1-8(2)10(12)6-5-7-11(13)9(3)4/h5-6,8-9H,7H2,1-4H3/b6-5+. The first kappa shape index (κ1) is 12.1. The normalized spacial score (nSPS) is 11.5. The van der Waals surface area contributed by atoms with Crippen LogP contribution in [0.2, 0.25) is 0 Å². The van der Waals surface area contributed by atoms with Gasteiger partial charge in [-0.05, 0) is 6.08 Å². The lowest BCUT2D eigenvalue weighted by molar-refractivity contribution is -0.121. The van der Waals surface area contributed by atoms with E-state index in [-0.39, 0.29) is 23.4 Å². The Hall–Kier alpha value is -0.920. The summed E-state index contributed by atoms with van der Waals surface area (Å²) in [5.41, 5.74) is 0. The number of hydrogen-bond donors (Lipinski definition) is 0. The van der Waals surface area contributed by atoms with Crippen LogP contribution in [0.5, 0.6) is 0 Å². The van der Waals surface area contributed by atoms with Crippen molar-refractivity contribution in [2.45, 2.75) is 34.1 Å². The van der Waals surface area contributed by atoms with Gasteiger partial charge in [-0.1, -0.05) is 33.8 Å². The van der Waals surface area contributed by atoms with Gasteiger partial charge in [-0.2, -0.15) is 0 Å². The molecule has 0 spiro atoms. The summed E-state index contributed by atoms with van der Waals surface area (Å²) >= 11 is 0. The molecule has 0 rings (SSSR count). The Morgan fingerprint density at radius 3 is 2.00 bits per heavy atom. The second kappa shape index (κ2) is 5.68. The highest BCUT2D eigenvalue weighted by molar-refractivity contribution is 5.92. The fraction of sp³-hybridized carbons (Fsp3) is 0.636. The van der Waals surface area contributed by atoms with Gasteiger partial charge in [-0.15, -0.1) is 0 Å². The summed E-state index contributed by atoms with van der Waals surface area (Å²) in [5.74, 6) is 0.327. The van der Waals surface area contributed by atoms with Gasteiger partial charge in [0.25, 0.3) is 0 Å².